The van der Waals surface area contributed by atoms with Crippen LogP contribution in [0.2, 0.25) is 0 Å². The van der Waals surface area contributed by atoms with Gasteiger partial charge in [0.15, 0.2) is 0 Å². The van der Waals surface area contributed by atoms with Crippen molar-refractivity contribution in [2.45, 2.75) is 32.3 Å². The SMILES string of the molecule is CC1=NOC2C3CCCC3C12. The Bertz CT molecular complexity index is 224. The van der Waals surface area contributed by atoms with Gasteiger partial charge in [0.2, 0.25) is 0 Å². The minimum Gasteiger partial charge on any atom is -0.392 e. The van der Waals surface area contributed by atoms with Crippen LogP contribution in [0.5, 0.6) is 0 Å². The first kappa shape index (κ1) is 6.04. The lowest BCUT2D eigenvalue weighted by molar-refractivity contribution is -0.0760. The maximum absolute atomic E-state index is 5.37. The Kier molecular flexibility index (Phi) is 0.984. The van der Waals surface area contributed by atoms with E-state index >= 15 is 0 Å². The summed E-state index contributed by atoms with van der Waals surface area (Å²) in [5.74, 6) is 2.51. The number of oxime groups is 1. The molecule has 60 valence electrons. The molecule has 0 amide bonds. The lowest BCUT2D eigenvalue weighted by Crippen LogP contribution is -2.49. The molecule has 4 unspecified atom stereocenters. The molecular weight excluding hydrogens is 138 g/mol. The van der Waals surface area contributed by atoms with Gasteiger partial charge in [-0.05, 0) is 25.7 Å². The number of fused-ring (bicyclic) bond motifs is 4. The van der Waals surface area contributed by atoms with Gasteiger partial charge < -0.3 is 4.84 Å². The largest absolute Gasteiger partial charge is 0.392 e. The summed E-state index contributed by atoms with van der Waals surface area (Å²) >= 11 is 0. The predicted octanol–water partition coefficient (Wildman–Crippen LogP) is 1.81. The van der Waals surface area contributed by atoms with Crippen LogP contribution in [0.25, 0.3) is 0 Å². The second-order valence-corrected chi connectivity index (χ2v) is 4.09. The minimum atomic E-state index is 0.488. The quantitative estimate of drug-likeness (QED) is 0.517. The van der Waals surface area contributed by atoms with Crippen molar-refractivity contribution in [3.8, 4) is 0 Å². The van der Waals surface area contributed by atoms with E-state index in [1.54, 1.807) is 0 Å². The molecule has 0 spiro atoms. The van der Waals surface area contributed by atoms with Crippen molar-refractivity contribution < 1.29 is 4.84 Å². The van der Waals surface area contributed by atoms with Gasteiger partial charge in [-0.1, -0.05) is 11.6 Å². The summed E-state index contributed by atoms with van der Waals surface area (Å²) in [6, 6.07) is 0. The third-order valence-electron chi connectivity index (χ3n) is 3.66. The molecule has 2 aliphatic carbocycles. The van der Waals surface area contributed by atoms with Crippen molar-refractivity contribution in [1.29, 1.82) is 0 Å². The molecule has 1 heterocycles. The first-order valence-electron chi connectivity index (χ1n) is 4.58. The van der Waals surface area contributed by atoms with Crippen molar-refractivity contribution in [1.82, 2.24) is 0 Å². The lowest BCUT2D eigenvalue weighted by Gasteiger charge is -2.42. The van der Waals surface area contributed by atoms with Crippen molar-refractivity contribution >= 4 is 5.71 Å². The van der Waals surface area contributed by atoms with Gasteiger partial charge in [0.25, 0.3) is 0 Å². The molecule has 0 aromatic rings. The number of nitrogens with zero attached hydrogens (tertiary/aromatic N) is 1. The molecule has 0 bridgehead atoms. The van der Waals surface area contributed by atoms with E-state index in [-0.39, 0.29) is 0 Å². The van der Waals surface area contributed by atoms with Crippen LogP contribution < -0.4 is 0 Å². The third-order valence-corrected chi connectivity index (χ3v) is 3.66. The average Bonchev–Trinajstić information content (AvgIpc) is 2.43. The molecule has 0 N–H and O–H groups in total. The lowest BCUT2D eigenvalue weighted by atomic mass is 9.63. The summed E-state index contributed by atoms with van der Waals surface area (Å²) in [5, 5.41) is 4.06. The summed E-state index contributed by atoms with van der Waals surface area (Å²) in [5.41, 5.74) is 1.25. The fraction of sp³-hybridized carbons (Fsp3) is 0.889. The summed E-state index contributed by atoms with van der Waals surface area (Å²) in [7, 11) is 0. The van der Waals surface area contributed by atoms with Crippen molar-refractivity contribution in [3.63, 3.8) is 0 Å². The molecule has 2 nitrogen and oxygen atoms in total. The molecule has 0 aromatic carbocycles. The van der Waals surface area contributed by atoms with Gasteiger partial charge >= 0.3 is 0 Å². The van der Waals surface area contributed by atoms with Crippen molar-refractivity contribution in [2.75, 3.05) is 0 Å². The summed E-state index contributed by atoms with van der Waals surface area (Å²) in [6.07, 6.45) is 4.71. The van der Waals surface area contributed by atoms with E-state index in [4.69, 9.17) is 4.84 Å². The number of hydrogen-bond acceptors (Lipinski definition) is 2. The van der Waals surface area contributed by atoms with Crippen LogP contribution in [0.3, 0.4) is 0 Å². The average molecular weight is 151 g/mol. The minimum absolute atomic E-state index is 0.488. The van der Waals surface area contributed by atoms with E-state index in [0.717, 1.165) is 11.8 Å². The standard InChI is InChI=1S/C9H13NO/c1-5-8-6-3-2-4-7(6)9(8)11-10-5/h6-9H,2-4H2,1H3. The fourth-order valence-corrected chi connectivity index (χ4v) is 3.13. The highest BCUT2D eigenvalue weighted by atomic mass is 16.6. The van der Waals surface area contributed by atoms with E-state index < -0.39 is 0 Å². The summed E-state index contributed by atoms with van der Waals surface area (Å²) < 4.78 is 0. The van der Waals surface area contributed by atoms with Crippen LogP contribution in [0, 0.1) is 17.8 Å². The Morgan fingerprint density at radius 1 is 1.36 bits per heavy atom. The van der Waals surface area contributed by atoms with Gasteiger partial charge in [0.1, 0.15) is 6.10 Å². The Labute approximate surface area is 66.6 Å². The fourth-order valence-electron chi connectivity index (χ4n) is 3.13. The van der Waals surface area contributed by atoms with Crippen molar-refractivity contribution in [2.24, 2.45) is 22.9 Å². The van der Waals surface area contributed by atoms with Gasteiger partial charge in [-0.3, -0.25) is 0 Å². The molecular formula is C9H13NO. The van der Waals surface area contributed by atoms with Crippen LogP contribution in [-0.2, 0) is 4.84 Å². The Morgan fingerprint density at radius 3 is 3.09 bits per heavy atom. The Balaban J connectivity index is 1.89. The molecule has 3 rings (SSSR count). The van der Waals surface area contributed by atoms with E-state index in [2.05, 4.69) is 12.1 Å². The van der Waals surface area contributed by atoms with Gasteiger partial charge in [-0.15, -0.1) is 0 Å². The molecule has 2 fully saturated rings. The second-order valence-electron chi connectivity index (χ2n) is 4.09. The van der Waals surface area contributed by atoms with E-state index in [0.29, 0.717) is 12.0 Å². The maximum atomic E-state index is 5.37. The van der Waals surface area contributed by atoms with Gasteiger partial charge in [0, 0.05) is 11.8 Å². The first-order chi connectivity index (χ1) is 5.38. The van der Waals surface area contributed by atoms with Crippen LogP contribution in [0.4, 0.5) is 0 Å². The number of hydrogen-bond donors (Lipinski definition) is 0. The summed E-state index contributed by atoms with van der Waals surface area (Å²) in [4.78, 5) is 5.37. The highest BCUT2D eigenvalue weighted by Gasteiger charge is 2.57. The third kappa shape index (κ3) is 0.569. The Hall–Kier alpha value is -0.530. The van der Waals surface area contributed by atoms with Crippen LogP contribution in [-0.4, -0.2) is 11.8 Å². The smallest absolute Gasteiger partial charge is 0.139 e. The second kappa shape index (κ2) is 1.79. The highest BCUT2D eigenvalue weighted by molar-refractivity contribution is 5.87. The molecule has 11 heavy (non-hydrogen) atoms. The maximum Gasteiger partial charge on any atom is 0.139 e. The van der Waals surface area contributed by atoms with Gasteiger partial charge in [-0.2, -0.15) is 0 Å². The Morgan fingerprint density at radius 2 is 2.18 bits per heavy atom. The van der Waals surface area contributed by atoms with E-state index in [9.17, 15) is 0 Å². The van der Waals surface area contributed by atoms with Crippen LogP contribution >= 0.6 is 0 Å². The predicted molar refractivity (Wildman–Crippen MR) is 42.3 cm³/mol. The molecule has 3 aliphatic rings. The molecule has 1 aliphatic heterocycles. The molecule has 0 aromatic heterocycles. The van der Waals surface area contributed by atoms with Crippen LogP contribution in [0.15, 0.2) is 5.16 Å². The van der Waals surface area contributed by atoms with Gasteiger partial charge in [0.05, 0.1) is 5.71 Å². The molecule has 2 heteroatoms. The molecule has 0 saturated heterocycles. The molecule has 2 saturated carbocycles. The van der Waals surface area contributed by atoms with E-state index in [1.807, 2.05) is 0 Å². The number of rotatable bonds is 0. The zero-order valence-electron chi connectivity index (χ0n) is 6.79. The normalized spacial score (nSPS) is 52.3. The topological polar surface area (TPSA) is 21.6 Å². The zero-order valence-corrected chi connectivity index (χ0v) is 6.79. The van der Waals surface area contributed by atoms with Crippen molar-refractivity contribution in [3.05, 3.63) is 0 Å². The van der Waals surface area contributed by atoms with E-state index in [1.165, 1.54) is 25.0 Å². The molecule has 0 radical (unpaired) electrons. The summed E-state index contributed by atoms with van der Waals surface area (Å²) in [6.45, 7) is 2.11. The molecule has 4 atom stereocenters. The highest BCUT2D eigenvalue weighted by Crippen LogP contribution is 2.55. The first-order valence-corrected chi connectivity index (χ1v) is 4.58. The zero-order chi connectivity index (χ0) is 7.42. The van der Waals surface area contributed by atoms with Crippen LogP contribution in [0.1, 0.15) is 26.2 Å². The monoisotopic (exact) mass is 151 g/mol. The van der Waals surface area contributed by atoms with Gasteiger partial charge in [-0.25, -0.2) is 0 Å².